The van der Waals surface area contributed by atoms with E-state index in [1.54, 1.807) is 0 Å². The first-order chi connectivity index (χ1) is 10.1. The van der Waals surface area contributed by atoms with E-state index in [0.29, 0.717) is 17.7 Å². The second kappa shape index (κ2) is 7.38. The number of hydrogen-bond acceptors (Lipinski definition) is 4. The number of nitrogens with one attached hydrogen (secondary N) is 3. The molecule has 118 valence electrons. The number of rotatable bonds is 5. The van der Waals surface area contributed by atoms with Crippen LogP contribution in [0.5, 0.6) is 0 Å². The molecule has 0 bridgehead atoms. The van der Waals surface area contributed by atoms with Gasteiger partial charge in [-0.2, -0.15) is 5.11 Å². The molecule has 0 heterocycles. The van der Waals surface area contributed by atoms with E-state index in [9.17, 15) is 0 Å². The molecule has 0 aliphatic heterocycles. The van der Waals surface area contributed by atoms with Crippen LogP contribution in [0.3, 0.4) is 0 Å². The highest BCUT2D eigenvalue weighted by atomic mass is 15.4. The Morgan fingerprint density at radius 1 is 0.810 bits per heavy atom. The minimum atomic E-state index is 0.242. The summed E-state index contributed by atoms with van der Waals surface area (Å²) in [7, 11) is 0. The Kier molecular flexibility index (Phi) is 5.52. The van der Waals surface area contributed by atoms with Gasteiger partial charge in [-0.3, -0.25) is 16.2 Å². The lowest BCUT2D eigenvalue weighted by atomic mass is 9.85. The Morgan fingerprint density at radius 3 is 1.76 bits per heavy atom. The van der Waals surface area contributed by atoms with E-state index in [0.717, 1.165) is 51.4 Å². The molecule has 0 saturated heterocycles. The van der Waals surface area contributed by atoms with E-state index in [-0.39, 0.29) is 17.9 Å². The summed E-state index contributed by atoms with van der Waals surface area (Å²) in [6.07, 6.45) is 7.75. The van der Waals surface area contributed by atoms with Gasteiger partial charge in [0.2, 0.25) is 0 Å². The highest BCUT2D eigenvalue weighted by molar-refractivity contribution is 5.80. The maximum absolute atomic E-state index is 7.46. The largest absolute Gasteiger partial charge is 0.387 e. The van der Waals surface area contributed by atoms with E-state index in [4.69, 9.17) is 22.3 Å². The van der Waals surface area contributed by atoms with Crippen molar-refractivity contribution >= 4 is 11.7 Å². The van der Waals surface area contributed by atoms with E-state index < -0.39 is 0 Å². The first kappa shape index (κ1) is 15.7. The third-order valence-corrected chi connectivity index (χ3v) is 4.76. The van der Waals surface area contributed by atoms with Crippen LogP contribution in [-0.2, 0) is 0 Å². The van der Waals surface area contributed by atoms with Gasteiger partial charge in [-0.05, 0) is 51.4 Å². The lowest BCUT2D eigenvalue weighted by molar-refractivity contribution is 0.325. The van der Waals surface area contributed by atoms with Crippen LogP contribution in [0, 0.1) is 22.7 Å². The molecule has 2 aliphatic carbocycles. The molecular formula is C14H27N7. The summed E-state index contributed by atoms with van der Waals surface area (Å²) in [6.45, 7) is 0. The van der Waals surface area contributed by atoms with E-state index in [2.05, 4.69) is 15.8 Å². The molecule has 2 aliphatic rings. The Hall–Kier alpha value is -1.66. The molecule has 0 aromatic rings. The van der Waals surface area contributed by atoms with Crippen LogP contribution in [0.15, 0.2) is 10.3 Å². The average Bonchev–Trinajstić information content (AvgIpc) is 2.48. The van der Waals surface area contributed by atoms with Gasteiger partial charge in [-0.15, -0.1) is 0 Å². The van der Waals surface area contributed by atoms with E-state index in [1.807, 2.05) is 0 Å². The van der Waals surface area contributed by atoms with Crippen LogP contribution >= 0.6 is 0 Å². The highest BCUT2D eigenvalue weighted by Crippen LogP contribution is 2.27. The van der Waals surface area contributed by atoms with Crippen molar-refractivity contribution in [3.05, 3.63) is 0 Å². The zero-order chi connectivity index (χ0) is 15.2. The fourth-order valence-electron chi connectivity index (χ4n) is 3.23. The van der Waals surface area contributed by atoms with Crippen molar-refractivity contribution in [2.75, 3.05) is 0 Å². The second-order valence-electron chi connectivity index (χ2n) is 6.31. The van der Waals surface area contributed by atoms with Crippen molar-refractivity contribution < 1.29 is 0 Å². The Labute approximate surface area is 125 Å². The molecule has 0 amide bonds. The number of nitrogens with zero attached hydrogens (tertiary/aromatic N) is 2. The van der Waals surface area contributed by atoms with Crippen LogP contribution < -0.4 is 16.9 Å². The number of hydrogen-bond donors (Lipinski definition) is 5. The van der Waals surface area contributed by atoms with Gasteiger partial charge in [-0.25, -0.2) is 0 Å². The van der Waals surface area contributed by atoms with Gasteiger partial charge in [0, 0.05) is 17.9 Å². The highest BCUT2D eigenvalue weighted by Gasteiger charge is 2.24. The van der Waals surface area contributed by atoms with Crippen molar-refractivity contribution in [1.82, 2.24) is 5.43 Å². The molecule has 2 fully saturated rings. The molecule has 0 aromatic heterocycles. The van der Waals surface area contributed by atoms with Crippen molar-refractivity contribution in [2.45, 2.75) is 63.5 Å². The molecule has 7 nitrogen and oxygen atoms in total. The minimum Gasteiger partial charge on any atom is -0.387 e. The van der Waals surface area contributed by atoms with Crippen LogP contribution in [0.2, 0.25) is 0 Å². The Morgan fingerprint density at radius 2 is 1.29 bits per heavy atom. The lowest BCUT2D eigenvalue weighted by Crippen LogP contribution is -2.34. The van der Waals surface area contributed by atoms with Gasteiger partial charge in [-0.1, -0.05) is 5.22 Å². The molecule has 7 N–H and O–H groups in total. The van der Waals surface area contributed by atoms with Crippen LogP contribution in [0.25, 0.3) is 0 Å². The fourth-order valence-corrected chi connectivity index (χ4v) is 3.23. The van der Waals surface area contributed by atoms with Gasteiger partial charge in [0.1, 0.15) is 0 Å². The van der Waals surface area contributed by atoms with E-state index in [1.165, 1.54) is 0 Å². The topological polar surface area (TPSA) is 136 Å². The zero-order valence-corrected chi connectivity index (χ0v) is 12.5. The van der Waals surface area contributed by atoms with Gasteiger partial charge in [0.25, 0.3) is 0 Å². The van der Waals surface area contributed by atoms with Crippen molar-refractivity contribution in [3.63, 3.8) is 0 Å². The molecule has 0 aromatic carbocycles. The maximum atomic E-state index is 7.46. The van der Waals surface area contributed by atoms with Crippen molar-refractivity contribution in [2.24, 2.45) is 33.6 Å². The fraction of sp³-hybridized carbons (Fsp3) is 0.857. The molecule has 0 spiro atoms. The SMILES string of the molecule is N=C(N)C1CCC(N=NNC2CCC(C(=N)N)CC2)CC1. The van der Waals surface area contributed by atoms with E-state index >= 15 is 0 Å². The average molecular weight is 293 g/mol. The van der Waals surface area contributed by atoms with Crippen LogP contribution in [0.1, 0.15) is 51.4 Å². The van der Waals surface area contributed by atoms with Crippen LogP contribution in [-0.4, -0.2) is 23.8 Å². The normalized spacial score (nSPS) is 33.7. The lowest BCUT2D eigenvalue weighted by Gasteiger charge is -2.27. The summed E-state index contributed by atoms with van der Waals surface area (Å²) >= 11 is 0. The Bertz CT molecular complexity index is 390. The summed E-state index contributed by atoms with van der Waals surface area (Å²) in [4.78, 5) is 0. The summed E-state index contributed by atoms with van der Waals surface area (Å²) in [6, 6.07) is 0.625. The maximum Gasteiger partial charge on any atom is 0.0936 e. The third kappa shape index (κ3) is 4.68. The van der Waals surface area contributed by atoms with Gasteiger partial charge < -0.3 is 11.5 Å². The standard InChI is InChI=1S/C14H27N7/c15-13(16)9-1-5-11(6-2-9)19-21-20-12-7-3-10(4-8-12)14(17)18/h9-12H,1-8H2,(H3,15,16)(H3,17,18)(H,19,20). The van der Waals surface area contributed by atoms with Gasteiger partial charge >= 0.3 is 0 Å². The first-order valence-electron chi connectivity index (χ1n) is 7.89. The predicted octanol–water partition coefficient (Wildman–Crippen LogP) is 1.93. The summed E-state index contributed by atoms with van der Waals surface area (Å²) in [5.41, 5.74) is 14.2. The van der Waals surface area contributed by atoms with Crippen molar-refractivity contribution in [3.8, 4) is 0 Å². The van der Waals surface area contributed by atoms with Crippen LogP contribution in [0.4, 0.5) is 0 Å². The summed E-state index contributed by atoms with van der Waals surface area (Å²) in [5, 5.41) is 23.4. The summed E-state index contributed by atoms with van der Waals surface area (Å²) in [5.74, 6) is 1.12. The molecular weight excluding hydrogens is 266 g/mol. The number of amidine groups is 2. The van der Waals surface area contributed by atoms with Gasteiger partial charge in [0.15, 0.2) is 0 Å². The number of nitrogens with two attached hydrogens (primary N) is 2. The third-order valence-electron chi connectivity index (χ3n) is 4.76. The molecule has 0 atom stereocenters. The van der Waals surface area contributed by atoms with Crippen molar-refractivity contribution in [1.29, 1.82) is 10.8 Å². The van der Waals surface area contributed by atoms with Gasteiger partial charge in [0.05, 0.1) is 17.7 Å². The predicted molar refractivity (Wildman–Crippen MR) is 83.3 cm³/mol. The monoisotopic (exact) mass is 293 g/mol. The first-order valence-corrected chi connectivity index (χ1v) is 7.89. The molecule has 0 radical (unpaired) electrons. The molecule has 21 heavy (non-hydrogen) atoms. The molecule has 7 heteroatoms. The minimum absolute atomic E-state index is 0.242. The molecule has 0 unspecified atom stereocenters. The smallest absolute Gasteiger partial charge is 0.0936 e. The second-order valence-corrected chi connectivity index (χ2v) is 6.31. The quantitative estimate of drug-likeness (QED) is 0.229. The zero-order valence-electron chi connectivity index (χ0n) is 12.5. The summed E-state index contributed by atoms with van der Waals surface area (Å²) < 4.78 is 0. The molecule has 2 rings (SSSR count). The Balaban J connectivity index is 1.65. The molecule has 2 saturated carbocycles.